The lowest BCUT2D eigenvalue weighted by atomic mass is 10.3. The van der Waals surface area contributed by atoms with Crippen LogP contribution in [0.1, 0.15) is 15.6 Å². The third-order valence-electron chi connectivity index (χ3n) is 2.37. The Kier molecular flexibility index (Phi) is 5.63. The monoisotopic (exact) mass is 334 g/mol. The first-order valence-electron chi connectivity index (χ1n) is 5.67. The fraction of sp³-hybridized carbons (Fsp3) is 0.333. The highest BCUT2D eigenvalue weighted by molar-refractivity contribution is 7.16. The molecule has 7 heteroatoms. The van der Waals surface area contributed by atoms with Gasteiger partial charge in [0, 0.05) is 16.8 Å². The Bertz CT molecular complexity index is 553. The smallest absolute Gasteiger partial charge is 0.226 e. The molecule has 0 fully saturated rings. The van der Waals surface area contributed by atoms with Gasteiger partial charge in [-0.25, -0.2) is 4.98 Å². The number of hydrogen-bond donors (Lipinski definition) is 1. The van der Waals surface area contributed by atoms with E-state index in [9.17, 15) is 4.79 Å². The van der Waals surface area contributed by atoms with Crippen LogP contribution in [0.2, 0.25) is 4.34 Å². The van der Waals surface area contributed by atoms with Gasteiger partial charge >= 0.3 is 0 Å². The van der Waals surface area contributed by atoms with Crippen molar-refractivity contribution in [3.05, 3.63) is 37.4 Å². The third-order valence-corrected chi connectivity index (χ3v) is 4.83. The molecule has 2 rings (SSSR count). The van der Waals surface area contributed by atoms with Crippen LogP contribution >= 0.6 is 45.9 Å². The number of carbonyl (C=O) groups is 1. The van der Waals surface area contributed by atoms with E-state index < -0.39 is 0 Å². The summed E-state index contributed by atoms with van der Waals surface area (Å²) in [6, 6.07) is 3.85. The van der Waals surface area contributed by atoms with Crippen molar-refractivity contribution in [3.8, 4) is 0 Å². The molecule has 0 saturated carbocycles. The van der Waals surface area contributed by atoms with Crippen molar-refractivity contribution in [3.63, 3.8) is 0 Å². The van der Waals surface area contributed by atoms with Crippen molar-refractivity contribution < 1.29 is 4.79 Å². The van der Waals surface area contributed by atoms with Crippen molar-refractivity contribution >= 4 is 51.8 Å². The second-order valence-corrected chi connectivity index (χ2v) is 6.86. The lowest BCUT2D eigenvalue weighted by Crippen LogP contribution is -2.27. The predicted octanol–water partition coefficient (Wildman–Crippen LogP) is 3.50. The highest BCUT2D eigenvalue weighted by atomic mass is 35.5. The Morgan fingerprint density at radius 1 is 1.42 bits per heavy atom. The Morgan fingerprint density at radius 3 is 2.89 bits per heavy atom. The Balaban J connectivity index is 1.72. The zero-order valence-corrected chi connectivity index (χ0v) is 13.1. The number of rotatable bonds is 6. The minimum atomic E-state index is -0.0156. The second-order valence-electron chi connectivity index (χ2n) is 3.85. The van der Waals surface area contributed by atoms with Crippen LogP contribution in [-0.2, 0) is 23.5 Å². The summed E-state index contributed by atoms with van der Waals surface area (Å²) in [5, 5.41) is 5.55. The van der Waals surface area contributed by atoms with Gasteiger partial charge in [0.05, 0.1) is 22.3 Å². The van der Waals surface area contributed by atoms with Crippen LogP contribution in [-0.4, -0.2) is 17.4 Å². The van der Waals surface area contributed by atoms with Crippen molar-refractivity contribution in [1.29, 1.82) is 0 Å². The van der Waals surface area contributed by atoms with Gasteiger partial charge in [-0.3, -0.25) is 4.79 Å². The van der Waals surface area contributed by atoms with Gasteiger partial charge in [-0.2, -0.15) is 0 Å². The van der Waals surface area contributed by atoms with Crippen LogP contribution in [0.4, 0.5) is 0 Å². The van der Waals surface area contributed by atoms with Crippen molar-refractivity contribution in [2.24, 2.45) is 0 Å². The molecular weight excluding hydrogens is 323 g/mol. The number of halogens is 2. The molecular formula is C12H12Cl2N2OS2. The van der Waals surface area contributed by atoms with Crippen LogP contribution in [0.25, 0.3) is 0 Å². The van der Waals surface area contributed by atoms with Crippen LogP contribution in [0.15, 0.2) is 17.5 Å². The Morgan fingerprint density at radius 2 is 2.26 bits per heavy atom. The first-order chi connectivity index (χ1) is 9.17. The number of hydrogen-bond acceptors (Lipinski definition) is 4. The summed E-state index contributed by atoms with van der Waals surface area (Å²) >= 11 is 14.5. The zero-order chi connectivity index (χ0) is 13.7. The molecule has 0 radical (unpaired) electrons. The van der Waals surface area contributed by atoms with Gasteiger partial charge in [0.2, 0.25) is 5.91 Å². The number of nitrogens with one attached hydrogen (secondary N) is 1. The average Bonchev–Trinajstić information content (AvgIpc) is 2.98. The molecule has 0 saturated heterocycles. The highest BCUT2D eigenvalue weighted by Crippen LogP contribution is 2.21. The summed E-state index contributed by atoms with van der Waals surface area (Å²) in [6.07, 6.45) is 1.11. The maximum absolute atomic E-state index is 11.7. The van der Waals surface area contributed by atoms with Crippen LogP contribution in [0.5, 0.6) is 0 Å². The minimum Gasteiger partial charge on any atom is -0.355 e. The van der Waals surface area contributed by atoms with E-state index in [0.29, 0.717) is 18.8 Å². The normalized spacial score (nSPS) is 10.6. The lowest BCUT2D eigenvalue weighted by Gasteiger charge is -2.02. The summed E-state index contributed by atoms with van der Waals surface area (Å²) in [5.41, 5.74) is 0.822. The van der Waals surface area contributed by atoms with E-state index in [0.717, 1.165) is 21.5 Å². The quantitative estimate of drug-likeness (QED) is 0.821. The molecule has 0 aliphatic rings. The van der Waals surface area contributed by atoms with E-state index in [1.807, 2.05) is 17.5 Å². The Hall–Kier alpha value is -0.620. The average molecular weight is 335 g/mol. The van der Waals surface area contributed by atoms with Gasteiger partial charge in [0.1, 0.15) is 5.01 Å². The van der Waals surface area contributed by atoms with Crippen LogP contribution < -0.4 is 5.32 Å². The van der Waals surface area contributed by atoms with Gasteiger partial charge in [-0.05, 0) is 18.6 Å². The molecule has 0 bridgehead atoms. The van der Waals surface area contributed by atoms with Gasteiger partial charge in [0.15, 0.2) is 0 Å². The van der Waals surface area contributed by atoms with Crippen molar-refractivity contribution in [2.45, 2.75) is 18.7 Å². The molecule has 0 unspecified atom stereocenters. The number of nitrogens with zero attached hydrogens (tertiary/aromatic N) is 1. The molecule has 0 aromatic carbocycles. The summed E-state index contributed by atoms with van der Waals surface area (Å²) < 4.78 is 0.776. The third kappa shape index (κ3) is 4.76. The predicted molar refractivity (Wildman–Crippen MR) is 81.4 cm³/mol. The zero-order valence-electron chi connectivity index (χ0n) is 9.99. The topological polar surface area (TPSA) is 42.0 Å². The molecule has 1 N–H and O–H groups in total. The van der Waals surface area contributed by atoms with Gasteiger partial charge in [-0.1, -0.05) is 11.6 Å². The molecule has 0 spiro atoms. The summed E-state index contributed by atoms with van der Waals surface area (Å²) in [6.45, 7) is 0.614. The van der Waals surface area contributed by atoms with E-state index in [1.165, 1.54) is 27.6 Å². The first-order valence-corrected chi connectivity index (χ1v) is 8.28. The van der Waals surface area contributed by atoms with Crippen molar-refractivity contribution in [1.82, 2.24) is 10.3 Å². The SMILES string of the molecule is O=C(Cc1nc(CCl)cs1)NCCc1ccc(Cl)s1. The molecule has 0 aliphatic carbocycles. The fourth-order valence-electron chi connectivity index (χ4n) is 1.50. The molecule has 0 aliphatic heterocycles. The molecule has 3 nitrogen and oxygen atoms in total. The molecule has 2 aromatic heterocycles. The number of amides is 1. The number of aromatic nitrogens is 1. The molecule has 102 valence electrons. The lowest BCUT2D eigenvalue weighted by molar-refractivity contribution is -0.120. The molecule has 19 heavy (non-hydrogen) atoms. The van der Waals surface area contributed by atoms with Crippen LogP contribution in [0.3, 0.4) is 0 Å². The van der Waals surface area contributed by atoms with Crippen molar-refractivity contribution in [2.75, 3.05) is 6.54 Å². The van der Waals surface area contributed by atoms with Gasteiger partial charge < -0.3 is 5.32 Å². The number of alkyl halides is 1. The summed E-state index contributed by atoms with van der Waals surface area (Å²) in [5.74, 6) is 0.371. The minimum absolute atomic E-state index is 0.0156. The summed E-state index contributed by atoms with van der Waals surface area (Å²) in [4.78, 5) is 17.1. The molecule has 2 aromatic rings. The standard InChI is InChI=1S/C12H12Cl2N2OS2/c13-6-8-7-18-12(16-8)5-11(17)15-4-3-9-1-2-10(14)19-9/h1-2,7H,3-6H2,(H,15,17). The molecule has 1 amide bonds. The second kappa shape index (κ2) is 7.24. The van der Waals surface area contributed by atoms with Gasteiger partial charge in [-0.15, -0.1) is 34.3 Å². The Labute approximate surface area is 129 Å². The van der Waals surface area contributed by atoms with E-state index >= 15 is 0 Å². The van der Waals surface area contributed by atoms with Gasteiger partial charge in [0.25, 0.3) is 0 Å². The fourth-order valence-corrected chi connectivity index (χ4v) is 3.61. The highest BCUT2D eigenvalue weighted by Gasteiger charge is 2.07. The van der Waals surface area contributed by atoms with E-state index in [1.54, 1.807) is 0 Å². The van der Waals surface area contributed by atoms with E-state index in [-0.39, 0.29) is 5.91 Å². The van der Waals surface area contributed by atoms with E-state index in [2.05, 4.69) is 10.3 Å². The maximum atomic E-state index is 11.7. The van der Waals surface area contributed by atoms with Crippen LogP contribution in [0, 0.1) is 0 Å². The first kappa shape index (κ1) is 14.8. The van der Waals surface area contributed by atoms with E-state index in [4.69, 9.17) is 23.2 Å². The number of thiophene rings is 1. The molecule has 0 atom stereocenters. The summed E-state index contributed by atoms with van der Waals surface area (Å²) in [7, 11) is 0. The molecule has 2 heterocycles. The maximum Gasteiger partial charge on any atom is 0.226 e. The largest absolute Gasteiger partial charge is 0.355 e. The number of thiazole rings is 1. The number of carbonyl (C=O) groups excluding carboxylic acids is 1.